The number of nitrogens with two attached hydrogens (primary N) is 2. The number of nitrogens with one attached hydrogen (secondary N) is 2. The van der Waals surface area contributed by atoms with Crippen LogP contribution in [-0.2, 0) is 4.79 Å². The minimum Gasteiger partial charge on any atom is -0.485 e. The van der Waals surface area contributed by atoms with Crippen LogP contribution in [0.1, 0.15) is 35.0 Å². The van der Waals surface area contributed by atoms with E-state index in [9.17, 15) is 27.6 Å². The van der Waals surface area contributed by atoms with Crippen LogP contribution in [0.15, 0.2) is 66.9 Å². The number of hydrogen-bond donors (Lipinski definition) is 4. The van der Waals surface area contributed by atoms with Crippen LogP contribution in [0.25, 0.3) is 16.6 Å². The number of hydrogen-bond acceptors (Lipinski definition) is 8. The van der Waals surface area contributed by atoms with E-state index in [1.165, 1.54) is 48.1 Å². The molecule has 1 fully saturated rings. The molecule has 0 saturated carbocycles. The molecule has 6 N–H and O–H groups in total. The molecule has 0 aliphatic carbocycles. The first-order valence-electron chi connectivity index (χ1n) is 14.8. The highest BCUT2D eigenvalue weighted by Crippen LogP contribution is 2.38. The molecule has 15 heteroatoms. The lowest BCUT2D eigenvalue weighted by molar-refractivity contribution is -0.121. The molecule has 12 nitrogen and oxygen atoms in total. The summed E-state index contributed by atoms with van der Waals surface area (Å²) in [4.78, 5) is 43.7. The number of imide groups is 1. The Hall–Kier alpha value is -5.83. The van der Waals surface area contributed by atoms with Crippen molar-refractivity contribution in [2.24, 2.45) is 5.73 Å². The van der Waals surface area contributed by atoms with Crippen molar-refractivity contribution in [2.45, 2.75) is 32.2 Å². The first kappa shape index (κ1) is 32.1. The first-order valence-corrected chi connectivity index (χ1v) is 14.8. The molecule has 0 bridgehead atoms. The van der Waals surface area contributed by atoms with Crippen LogP contribution in [0.4, 0.5) is 29.5 Å². The molecule has 0 spiro atoms. The Balaban J connectivity index is 1.31. The number of rotatable bonds is 11. The van der Waals surface area contributed by atoms with Crippen LogP contribution in [0.5, 0.6) is 17.2 Å². The van der Waals surface area contributed by atoms with E-state index < -0.39 is 42.1 Å². The second-order valence-electron chi connectivity index (χ2n) is 11.4. The fourth-order valence-corrected chi connectivity index (χ4v) is 5.53. The maximum absolute atomic E-state index is 14.1. The minimum absolute atomic E-state index is 0.0321. The Morgan fingerprint density at radius 1 is 1.06 bits per heavy atom. The summed E-state index contributed by atoms with van der Waals surface area (Å²) in [6.45, 7) is 2.41. The number of ketones is 1. The van der Waals surface area contributed by atoms with Crippen LogP contribution in [0.2, 0.25) is 0 Å². The molecule has 1 aliphatic rings. The Morgan fingerprint density at radius 3 is 2.54 bits per heavy atom. The molecule has 0 radical (unpaired) electrons. The Morgan fingerprint density at radius 2 is 1.83 bits per heavy atom. The second-order valence-corrected chi connectivity index (χ2v) is 11.4. The van der Waals surface area contributed by atoms with Crippen LogP contribution in [0, 0.1) is 12.7 Å². The van der Waals surface area contributed by atoms with Crippen LogP contribution < -0.4 is 31.2 Å². The van der Waals surface area contributed by atoms with Crippen molar-refractivity contribution in [3.63, 3.8) is 0 Å². The zero-order valence-corrected chi connectivity index (χ0v) is 25.7. The number of carbonyl (C=O) groups excluding carboxylic acids is 3. The van der Waals surface area contributed by atoms with Crippen molar-refractivity contribution in [2.75, 3.05) is 23.8 Å². The summed E-state index contributed by atoms with van der Waals surface area (Å²) in [7, 11) is 0. The van der Waals surface area contributed by atoms with Gasteiger partial charge in [-0.05, 0) is 80.9 Å². The third kappa shape index (κ3) is 5.79. The summed E-state index contributed by atoms with van der Waals surface area (Å²) >= 11 is 0. The highest BCUT2D eigenvalue weighted by molar-refractivity contribution is 6.24. The molecule has 3 amide bonds. The number of anilines is 2. The zero-order chi connectivity index (χ0) is 34.3. The lowest BCUT2D eigenvalue weighted by atomic mass is 9.98. The SMILES string of the molecule is Cc1cc(Oc2ccccc2F)ccc1-n1ncc(C(=O)c2cc3cc(OCC(F)F)c(N4C(=O)NC(C)(CCN)C4=O)cc3[nH]2)c1N. The molecule has 1 aliphatic heterocycles. The molecule has 1 unspecified atom stereocenters. The average molecular weight is 662 g/mol. The summed E-state index contributed by atoms with van der Waals surface area (Å²) in [6.07, 6.45) is -1.38. The average Bonchev–Trinajstić information content (AvgIpc) is 3.69. The van der Waals surface area contributed by atoms with Crippen molar-refractivity contribution >= 4 is 40.1 Å². The van der Waals surface area contributed by atoms with E-state index in [-0.39, 0.29) is 47.2 Å². The number of nitrogens with zero attached hydrogens (tertiary/aromatic N) is 3. The Labute approximate surface area is 271 Å². The van der Waals surface area contributed by atoms with Gasteiger partial charge >= 0.3 is 6.03 Å². The number of urea groups is 1. The Bertz CT molecular complexity index is 2080. The fraction of sp³-hybridized carbons (Fsp3) is 0.212. The lowest BCUT2D eigenvalue weighted by Gasteiger charge is -2.22. The molecule has 2 aromatic heterocycles. The van der Waals surface area contributed by atoms with E-state index in [0.29, 0.717) is 27.9 Å². The summed E-state index contributed by atoms with van der Waals surface area (Å²) in [6, 6.07) is 14.4. The predicted octanol–water partition coefficient (Wildman–Crippen LogP) is 5.21. The number of nitrogen functional groups attached to an aromatic ring is 1. The number of aromatic nitrogens is 3. The maximum atomic E-state index is 14.1. The van der Waals surface area contributed by atoms with Gasteiger partial charge in [0.05, 0.1) is 28.8 Å². The largest absolute Gasteiger partial charge is 0.485 e. The first-order chi connectivity index (χ1) is 22.9. The van der Waals surface area contributed by atoms with Crippen molar-refractivity contribution in [1.29, 1.82) is 0 Å². The standard InChI is InChI=1S/C33H30F3N7O5/c1-17-11-19(48-26-6-4-3-5-21(26)34)7-8-24(17)43-30(38)20(15-39-43)29(44)23-12-18-13-27(47-16-28(35)36)25(14-22(18)40-23)42-31(45)33(2,9-10-37)41-32(42)46/h3-8,11-15,28,40H,9-10,16,37-38H2,1-2H3,(H,41,46). The van der Waals surface area contributed by atoms with E-state index in [0.717, 1.165) is 4.90 Å². The van der Waals surface area contributed by atoms with Gasteiger partial charge in [0.1, 0.15) is 29.5 Å². The van der Waals surface area contributed by atoms with Gasteiger partial charge in [0, 0.05) is 10.9 Å². The Kier molecular flexibility index (Phi) is 8.30. The number of halogens is 3. The van der Waals surface area contributed by atoms with Gasteiger partial charge in [-0.3, -0.25) is 9.59 Å². The molecule has 5 aromatic rings. The molecule has 3 aromatic carbocycles. The summed E-state index contributed by atoms with van der Waals surface area (Å²) in [5.41, 5.74) is 12.3. The molecule has 1 atom stereocenters. The summed E-state index contributed by atoms with van der Waals surface area (Å²) in [5.74, 6) is -1.36. The van der Waals surface area contributed by atoms with Gasteiger partial charge in [-0.15, -0.1) is 0 Å². The van der Waals surface area contributed by atoms with E-state index in [1.807, 2.05) is 0 Å². The van der Waals surface area contributed by atoms with Gasteiger partial charge in [0.25, 0.3) is 12.3 Å². The maximum Gasteiger partial charge on any atom is 0.329 e. The normalized spacial score (nSPS) is 16.2. The number of ether oxygens (including phenoxy) is 2. The van der Waals surface area contributed by atoms with Crippen molar-refractivity contribution in [3.05, 3.63) is 89.5 Å². The predicted molar refractivity (Wildman–Crippen MR) is 171 cm³/mol. The molecular formula is C33H30F3N7O5. The molecule has 48 heavy (non-hydrogen) atoms. The molecule has 248 valence electrons. The van der Waals surface area contributed by atoms with Gasteiger partial charge in [0.15, 0.2) is 11.6 Å². The number of alkyl halides is 2. The van der Waals surface area contributed by atoms with Crippen LogP contribution >= 0.6 is 0 Å². The smallest absolute Gasteiger partial charge is 0.329 e. The molecular weight excluding hydrogens is 631 g/mol. The third-order valence-corrected chi connectivity index (χ3v) is 7.97. The highest BCUT2D eigenvalue weighted by atomic mass is 19.3. The van der Waals surface area contributed by atoms with Gasteiger partial charge < -0.3 is 31.2 Å². The van der Waals surface area contributed by atoms with Gasteiger partial charge in [-0.1, -0.05) is 12.1 Å². The number of H-pyrrole nitrogens is 1. The lowest BCUT2D eigenvalue weighted by Crippen LogP contribution is -2.45. The monoisotopic (exact) mass is 661 g/mol. The minimum atomic E-state index is -2.83. The van der Waals surface area contributed by atoms with E-state index in [4.69, 9.17) is 20.9 Å². The van der Waals surface area contributed by atoms with E-state index in [2.05, 4.69) is 15.4 Å². The summed E-state index contributed by atoms with van der Waals surface area (Å²) in [5, 5.41) is 7.29. The number of carbonyl (C=O) groups is 3. The zero-order valence-electron chi connectivity index (χ0n) is 25.7. The molecule has 1 saturated heterocycles. The number of aromatic amines is 1. The third-order valence-electron chi connectivity index (χ3n) is 7.97. The quantitative estimate of drug-likeness (QED) is 0.110. The van der Waals surface area contributed by atoms with Gasteiger partial charge in [-0.25, -0.2) is 27.5 Å². The van der Waals surface area contributed by atoms with E-state index in [1.54, 1.807) is 37.3 Å². The van der Waals surface area contributed by atoms with Gasteiger partial charge in [0.2, 0.25) is 5.78 Å². The number of aryl methyl sites for hydroxylation is 1. The van der Waals surface area contributed by atoms with Crippen molar-refractivity contribution in [3.8, 4) is 22.9 Å². The van der Waals surface area contributed by atoms with Crippen LogP contribution in [0.3, 0.4) is 0 Å². The summed E-state index contributed by atoms with van der Waals surface area (Å²) < 4.78 is 52.7. The van der Waals surface area contributed by atoms with Crippen molar-refractivity contribution in [1.82, 2.24) is 20.1 Å². The van der Waals surface area contributed by atoms with Crippen LogP contribution in [-0.4, -0.2) is 57.6 Å². The van der Waals surface area contributed by atoms with Crippen molar-refractivity contribution < 1.29 is 37.0 Å². The highest BCUT2D eigenvalue weighted by Gasteiger charge is 2.48. The second kappa shape index (κ2) is 12.4. The number of fused-ring (bicyclic) bond motifs is 1. The number of benzene rings is 3. The number of para-hydroxylation sites is 1. The fourth-order valence-electron chi connectivity index (χ4n) is 5.53. The van der Waals surface area contributed by atoms with Gasteiger partial charge in [-0.2, -0.15) is 5.10 Å². The molecule has 3 heterocycles. The van der Waals surface area contributed by atoms with E-state index >= 15 is 0 Å². The number of amides is 3. The topological polar surface area (TPSA) is 171 Å². The molecule has 6 rings (SSSR count).